The van der Waals surface area contributed by atoms with Gasteiger partial charge in [0.05, 0.1) is 25.4 Å². The number of hydrogen-bond acceptors (Lipinski definition) is 3. The van der Waals surface area contributed by atoms with Crippen molar-refractivity contribution in [2.45, 2.75) is 13.1 Å². The molecule has 1 fully saturated rings. The third kappa shape index (κ3) is 5.51. The van der Waals surface area contributed by atoms with Crippen molar-refractivity contribution in [3.8, 4) is 5.75 Å². The Balaban J connectivity index is 1.84. The molecule has 0 bridgehead atoms. The normalized spacial score (nSPS) is 16.3. The van der Waals surface area contributed by atoms with Crippen LogP contribution in [0.2, 0.25) is 0 Å². The van der Waals surface area contributed by atoms with E-state index in [0.29, 0.717) is 36.7 Å². The number of allylic oxidation sites excluding steroid dienone is 2. The Hall–Kier alpha value is -3.06. The molecule has 1 N–H and O–H groups in total. The van der Waals surface area contributed by atoms with Crippen molar-refractivity contribution in [1.29, 1.82) is 0 Å². The molecule has 0 atom stereocenters. The lowest BCUT2D eigenvalue weighted by Crippen LogP contribution is -2.44. The zero-order valence-corrected chi connectivity index (χ0v) is 16.3. The van der Waals surface area contributed by atoms with Crippen LogP contribution in [0.3, 0.4) is 0 Å². The van der Waals surface area contributed by atoms with Crippen molar-refractivity contribution in [3.63, 3.8) is 0 Å². The van der Waals surface area contributed by atoms with E-state index in [1.807, 2.05) is 0 Å². The molecule has 0 aromatic heterocycles. The van der Waals surface area contributed by atoms with Gasteiger partial charge in [-0.25, -0.2) is 4.79 Å². The summed E-state index contributed by atoms with van der Waals surface area (Å²) in [4.78, 5) is 10.8. The lowest BCUT2D eigenvalue weighted by Gasteiger charge is -2.37. The molecule has 2 aromatic rings. The smallest absolute Gasteiger partial charge is 0.416 e. The van der Waals surface area contributed by atoms with E-state index in [9.17, 15) is 18.0 Å². The third-order valence-corrected chi connectivity index (χ3v) is 4.68. The van der Waals surface area contributed by atoms with E-state index in [4.69, 9.17) is 14.6 Å². The van der Waals surface area contributed by atoms with Crippen LogP contribution in [0.25, 0.3) is 5.57 Å². The van der Waals surface area contributed by atoms with E-state index in [-0.39, 0.29) is 5.41 Å². The van der Waals surface area contributed by atoms with Crippen molar-refractivity contribution in [3.05, 3.63) is 83.4 Å². The molecule has 3 rings (SSSR count). The average molecular weight is 418 g/mol. The van der Waals surface area contributed by atoms with Crippen molar-refractivity contribution in [2.75, 3.05) is 19.8 Å². The first-order valence-corrected chi connectivity index (χ1v) is 9.26. The van der Waals surface area contributed by atoms with Crippen molar-refractivity contribution in [1.82, 2.24) is 0 Å². The van der Waals surface area contributed by atoms with Gasteiger partial charge in [-0.3, -0.25) is 0 Å². The highest BCUT2D eigenvalue weighted by molar-refractivity contribution is 5.84. The second-order valence-corrected chi connectivity index (χ2v) is 7.47. The summed E-state index contributed by atoms with van der Waals surface area (Å²) in [5.74, 6) is -0.449. The first-order chi connectivity index (χ1) is 14.2. The zero-order chi connectivity index (χ0) is 21.8. The number of aliphatic carboxylic acids is 1. The molecule has 0 saturated carbocycles. The maximum absolute atomic E-state index is 12.9. The Kier molecular flexibility index (Phi) is 6.31. The first-order valence-electron chi connectivity index (χ1n) is 9.26. The van der Waals surface area contributed by atoms with Gasteiger partial charge in [-0.1, -0.05) is 43.3 Å². The van der Waals surface area contributed by atoms with E-state index in [1.54, 1.807) is 30.3 Å². The molecular formula is C23H21F3O4. The number of hydrogen-bond donors (Lipinski definition) is 1. The van der Waals surface area contributed by atoms with Crippen LogP contribution in [-0.2, 0) is 15.7 Å². The molecule has 0 aliphatic carbocycles. The van der Waals surface area contributed by atoms with Crippen molar-refractivity contribution >= 4 is 11.5 Å². The molecule has 1 aliphatic rings. The minimum absolute atomic E-state index is 0.00555. The fourth-order valence-electron chi connectivity index (χ4n) is 2.95. The first kappa shape index (κ1) is 21.6. The molecule has 158 valence electrons. The third-order valence-electron chi connectivity index (χ3n) is 4.68. The van der Waals surface area contributed by atoms with E-state index in [2.05, 4.69) is 6.92 Å². The molecular weight excluding hydrogens is 397 g/mol. The minimum Gasteiger partial charge on any atom is -0.493 e. The van der Waals surface area contributed by atoms with Crippen LogP contribution in [0, 0.1) is 5.41 Å². The van der Waals surface area contributed by atoms with Crippen LogP contribution < -0.4 is 4.74 Å². The van der Waals surface area contributed by atoms with E-state index >= 15 is 0 Å². The Labute approximate surface area is 172 Å². The maximum Gasteiger partial charge on any atom is 0.416 e. The maximum atomic E-state index is 12.9. The van der Waals surface area contributed by atoms with Gasteiger partial charge in [0.1, 0.15) is 5.75 Å². The van der Waals surface area contributed by atoms with Crippen LogP contribution in [0.1, 0.15) is 23.6 Å². The highest BCUT2D eigenvalue weighted by Crippen LogP contribution is 2.32. The van der Waals surface area contributed by atoms with Gasteiger partial charge in [-0.05, 0) is 41.0 Å². The van der Waals surface area contributed by atoms with Gasteiger partial charge >= 0.3 is 12.1 Å². The predicted octanol–water partition coefficient (Wildman–Crippen LogP) is 5.19. The number of halogens is 3. The van der Waals surface area contributed by atoms with E-state index < -0.39 is 17.7 Å². The minimum atomic E-state index is -4.42. The Morgan fingerprint density at radius 3 is 2.13 bits per heavy atom. The van der Waals surface area contributed by atoms with Crippen LogP contribution in [0.5, 0.6) is 5.75 Å². The largest absolute Gasteiger partial charge is 0.493 e. The predicted molar refractivity (Wildman–Crippen MR) is 106 cm³/mol. The lowest BCUT2D eigenvalue weighted by atomic mass is 9.90. The number of carbonyl (C=O) groups is 1. The summed E-state index contributed by atoms with van der Waals surface area (Å²) < 4.78 is 49.6. The molecule has 4 nitrogen and oxygen atoms in total. The number of benzene rings is 2. The van der Waals surface area contributed by atoms with Crippen molar-refractivity contribution < 1.29 is 32.5 Å². The van der Waals surface area contributed by atoms with Gasteiger partial charge in [-0.15, -0.1) is 0 Å². The zero-order valence-electron chi connectivity index (χ0n) is 16.3. The molecule has 7 heteroatoms. The van der Waals surface area contributed by atoms with Gasteiger partial charge in [0.25, 0.3) is 0 Å². The molecule has 0 spiro atoms. The molecule has 0 amide bonds. The Bertz CT molecular complexity index is 938. The summed E-state index contributed by atoms with van der Waals surface area (Å²) in [6.07, 6.45) is -0.563. The summed E-state index contributed by atoms with van der Waals surface area (Å²) in [5, 5.41) is 8.81. The number of carboxylic acids is 1. The second kappa shape index (κ2) is 8.75. The van der Waals surface area contributed by atoms with Gasteiger partial charge < -0.3 is 14.6 Å². The fraction of sp³-hybridized carbons (Fsp3) is 0.261. The molecule has 0 unspecified atom stereocenters. The summed E-state index contributed by atoms with van der Waals surface area (Å²) in [5.41, 5.74) is 1.10. The molecule has 1 saturated heterocycles. The quantitative estimate of drug-likeness (QED) is 0.497. The molecule has 1 heterocycles. The van der Waals surface area contributed by atoms with Gasteiger partial charge in [0, 0.05) is 11.5 Å². The van der Waals surface area contributed by atoms with Gasteiger partial charge in [0.2, 0.25) is 0 Å². The van der Waals surface area contributed by atoms with Gasteiger partial charge in [0.15, 0.2) is 0 Å². The highest BCUT2D eigenvalue weighted by Gasteiger charge is 2.34. The number of carboxylic acid groups (broad SMARTS) is 1. The topological polar surface area (TPSA) is 55.8 Å². The highest BCUT2D eigenvalue weighted by atomic mass is 19.4. The van der Waals surface area contributed by atoms with Crippen LogP contribution in [0.4, 0.5) is 13.2 Å². The van der Waals surface area contributed by atoms with Crippen LogP contribution in [0.15, 0.2) is 66.8 Å². The van der Waals surface area contributed by atoms with E-state index in [1.165, 1.54) is 18.2 Å². The van der Waals surface area contributed by atoms with Crippen LogP contribution >= 0.6 is 0 Å². The van der Waals surface area contributed by atoms with Gasteiger partial charge in [-0.2, -0.15) is 13.2 Å². The Morgan fingerprint density at radius 1 is 1.10 bits per heavy atom. The summed E-state index contributed by atoms with van der Waals surface area (Å²) in [6.45, 7) is 3.91. The molecule has 0 radical (unpaired) electrons. The van der Waals surface area contributed by atoms with E-state index in [0.717, 1.165) is 23.8 Å². The summed E-state index contributed by atoms with van der Waals surface area (Å²) in [7, 11) is 0. The summed E-state index contributed by atoms with van der Waals surface area (Å²) >= 11 is 0. The number of ether oxygens (including phenoxy) is 2. The molecule has 1 aliphatic heterocycles. The van der Waals surface area contributed by atoms with Crippen LogP contribution in [-0.4, -0.2) is 30.9 Å². The fourth-order valence-corrected chi connectivity index (χ4v) is 2.95. The Morgan fingerprint density at radius 2 is 1.67 bits per heavy atom. The lowest BCUT2D eigenvalue weighted by molar-refractivity contribution is -0.137. The number of alkyl halides is 3. The standard InChI is InChI=1S/C23H21F3O4/c1-22(13-29-14-22)15-30-19-11-7-17(8-12-19)20(3-2-4-21(27)28)16-5-9-18(10-6-16)23(24,25)26/h2-12H,13-15H2,1H3,(H,27,28). The summed E-state index contributed by atoms with van der Waals surface area (Å²) in [6, 6.07) is 11.9. The monoisotopic (exact) mass is 418 g/mol. The second-order valence-electron chi connectivity index (χ2n) is 7.47. The molecule has 30 heavy (non-hydrogen) atoms. The number of rotatable bonds is 7. The molecule has 2 aromatic carbocycles. The average Bonchev–Trinajstić information content (AvgIpc) is 2.68. The van der Waals surface area contributed by atoms with Crippen molar-refractivity contribution in [2.24, 2.45) is 5.41 Å². The SMILES string of the molecule is CC1(COc2ccc(C(=CC=CC(=O)O)c3ccc(C(F)(F)F)cc3)cc2)COC1.